The summed E-state index contributed by atoms with van der Waals surface area (Å²) < 4.78 is 18.2. The molecule has 0 atom stereocenters. The average Bonchev–Trinajstić information content (AvgIpc) is 3.40. The molecule has 5 aromatic rings. The number of benzene rings is 2. The molecule has 0 saturated heterocycles. The van der Waals surface area contributed by atoms with Crippen molar-refractivity contribution in [3.05, 3.63) is 82.3 Å². The van der Waals surface area contributed by atoms with Gasteiger partial charge in [-0.3, -0.25) is 9.59 Å². The van der Waals surface area contributed by atoms with E-state index in [1.807, 2.05) is 38.1 Å². The fraction of sp³-hybridized carbons (Fsp3) is 0.179. The number of pyridine rings is 2. The number of aromatic nitrogens is 4. The van der Waals surface area contributed by atoms with Gasteiger partial charge in [0.15, 0.2) is 11.5 Å². The van der Waals surface area contributed by atoms with Crippen LogP contribution in [0.25, 0.3) is 33.9 Å². The van der Waals surface area contributed by atoms with Crippen LogP contribution in [0.1, 0.15) is 11.3 Å². The van der Waals surface area contributed by atoms with Crippen LogP contribution >= 0.6 is 0 Å². The zero-order valence-corrected chi connectivity index (χ0v) is 20.7. The summed E-state index contributed by atoms with van der Waals surface area (Å²) in [7, 11) is 0. The SMILES string of the molecule is Cc1ccc(-c2noc(-c3cn(CC(=O)Nc4ccc5c(c4)OCCO5)c4nc(C)ccc4c3=O)n2)cc1. The summed E-state index contributed by atoms with van der Waals surface area (Å²) in [6, 6.07) is 16.3. The minimum absolute atomic E-state index is 0.0639. The lowest BCUT2D eigenvalue weighted by atomic mass is 10.1. The van der Waals surface area contributed by atoms with Crippen LogP contribution in [0, 0.1) is 13.8 Å². The smallest absolute Gasteiger partial charge is 0.263 e. The van der Waals surface area contributed by atoms with Crippen LogP contribution in [0.15, 0.2) is 70.1 Å². The van der Waals surface area contributed by atoms with E-state index in [4.69, 9.17) is 14.0 Å². The third kappa shape index (κ3) is 4.47. The van der Waals surface area contributed by atoms with Crippen molar-refractivity contribution in [2.45, 2.75) is 20.4 Å². The first-order valence-electron chi connectivity index (χ1n) is 12.1. The summed E-state index contributed by atoms with van der Waals surface area (Å²) >= 11 is 0. The Morgan fingerprint density at radius 2 is 1.76 bits per heavy atom. The van der Waals surface area contributed by atoms with Crippen LogP contribution in [-0.4, -0.2) is 38.8 Å². The van der Waals surface area contributed by atoms with Gasteiger partial charge in [-0.15, -0.1) is 0 Å². The molecule has 0 saturated carbocycles. The lowest BCUT2D eigenvalue weighted by Gasteiger charge is -2.19. The lowest BCUT2D eigenvalue weighted by molar-refractivity contribution is -0.116. The Hall–Kier alpha value is -4.99. The number of fused-ring (bicyclic) bond motifs is 2. The van der Waals surface area contributed by atoms with Crippen molar-refractivity contribution in [3.8, 4) is 34.3 Å². The fourth-order valence-electron chi connectivity index (χ4n) is 4.26. The first-order valence-corrected chi connectivity index (χ1v) is 12.1. The molecule has 0 radical (unpaired) electrons. The molecule has 10 heteroatoms. The molecule has 0 bridgehead atoms. The van der Waals surface area contributed by atoms with E-state index in [0.29, 0.717) is 53.0 Å². The van der Waals surface area contributed by atoms with Crippen molar-refractivity contribution in [1.82, 2.24) is 19.7 Å². The standard InChI is InChI=1S/C28H23N5O5/c1-16-3-6-18(7-4-16)26-31-28(38-32-26)21-14-33(27-20(25(21)35)9-5-17(2)29-27)15-24(34)30-19-8-10-22-23(13-19)37-12-11-36-22/h3-10,13-14H,11-12,15H2,1-2H3,(H,30,34). The van der Waals surface area contributed by atoms with Gasteiger partial charge in [-0.25, -0.2) is 4.98 Å². The number of rotatable bonds is 5. The van der Waals surface area contributed by atoms with Gasteiger partial charge >= 0.3 is 0 Å². The van der Waals surface area contributed by atoms with Crippen LogP contribution in [0.5, 0.6) is 11.5 Å². The number of carbonyl (C=O) groups is 1. The Kier molecular flexibility index (Phi) is 5.83. The topological polar surface area (TPSA) is 121 Å². The van der Waals surface area contributed by atoms with Crippen LogP contribution in [-0.2, 0) is 11.3 Å². The highest BCUT2D eigenvalue weighted by atomic mass is 16.6. The zero-order chi connectivity index (χ0) is 26.2. The Labute approximate surface area is 216 Å². The third-order valence-electron chi connectivity index (χ3n) is 6.17. The summed E-state index contributed by atoms with van der Waals surface area (Å²) in [6.07, 6.45) is 1.53. The van der Waals surface area contributed by atoms with Crippen LogP contribution < -0.4 is 20.2 Å². The van der Waals surface area contributed by atoms with Gasteiger partial charge in [-0.05, 0) is 38.1 Å². The molecule has 3 aromatic heterocycles. The summed E-state index contributed by atoms with van der Waals surface area (Å²) in [4.78, 5) is 35.4. The van der Waals surface area contributed by atoms with Crippen molar-refractivity contribution < 1.29 is 18.8 Å². The van der Waals surface area contributed by atoms with Gasteiger partial charge in [-0.2, -0.15) is 4.98 Å². The highest BCUT2D eigenvalue weighted by molar-refractivity contribution is 5.92. The quantitative estimate of drug-likeness (QED) is 0.375. The molecule has 10 nitrogen and oxygen atoms in total. The van der Waals surface area contributed by atoms with Gasteiger partial charge in [0, 0.05) is 29.2 Å². The van der Waals surface area contributed by atoms with E-state index in [2.05, 4.69) is 20.4 Å². The molecule has 6 rings (SSSR count). The first kappa shape index (κ1) is 23.4. The first-order chi connectivity index (χ1) is 18.4. The second-order valence-corrected chi connectivity index (χ2v) is 9.02. The summed E-state index contributed by atoms with van der Waals surface area (Å²) in [5, 5.41) is 7.27. The minimum atomic E-state index is -0.313. The molecule has 0 unspecified atom stereocenters. The van der Waals surface area contributed by atoms with Gasteiger partial charge < -0.3 is 23.9 Å². The fourth-order valence-corrected chi connectivity index (χ4v) is 4.26. The molecule has 38 heavy (non-hydrogen) atoms. The van der Waals surface area contributed by atoms with Gasteiger partial charge in [0.1, 0.15) is 31.0 Å². The number of hydrogen-bond acceptors (Lipinski definition) is 8. The number of carbonyl (C=O) groups excluding carboxylic acids is 1. The largest absolute Gasteiger partial charge is 0.486 e. The molecule has 1 N–H and O–H groups in total. The second kappa shape index (κ2) is 9.47. The Morgan fingerprint density at radius 1 is 0.974 bits per heavy atom. The maximum absolute atomic E-state index is 13.4. The van der Waals surface area contributed by atoms with E-state index in [0.717, 1.165) is 11.1 Å². The van der Waals surface area contributed by atoms with E-state index >= 15 is 0 Å². The molecule has 2 aromatic carbocycles. The normalized spacial score (nSPS) is 12.5. The second-order valence-electron chi connectivity index (χ2n) is 9.02. The van der Waals surface area contributed by atoms with Crippen molar-refractivity contribution in [1.29, 1.82) is 0 Å². The summed E-state index contributed by atoms with van der Waals surface area (Å²) in [6.45, 7) is 4.64. The van der Waals surface area contributed by atoms with Gasteiger partial charge in [0.2, 0.25) is 17.2 Å². The predicted octanol–water partition coefficient (Wildman–Crippen LogP) is 4.14. The molecular formula is C28H23N5O5. The predicted molar refractivity (Wildman–Crippen MR) is 140 cm³/mol. The Morgan fingerprint density at radius 3 is 2.58 bits per heavy atom. The van der Waals surface area contributed by atoms with Crippen LogP contribution in [0.4, 0.5) is 5.69 Å². The minimum Gasteiger partial charge on any atom is -0.486 e. The van der Waals surface area contributed by atoms with Crippen molar-refractivity contribution in [3.63, 3.8) is 0 Å². The van der Waals surface area contributed by atoms with E-state index in [1.54, 1.807) is 34.9 Å². The number of hydrogen-bond donors (Lipinski definition) is 1. The average molecular weight is 510 g/mol. The number of nitrogens with one attached hydrogen (secondary N) is 1. The number of nitrogens with zero attached hydrogens (tertiary/aromatic N) is 4. The van der Waals surface area contributed by atoms with Crippen LogP contribution in [0.2, 0.25) is 0 Å². The zero-order valence-electron chi connectivity index (χ0n) is 20.7. The van der Waals surface area contributed by atoms with Gasteiger partial charge in [-0.1, -0.05) is 35.0 Å². The number of ether oxygens (including phenoxy) is 2. The number of anilines is 1. The molecule has 1 aliphatic rings. The van der Waals surface area contributed by atoms with E-state index in [9.17, 15) is 9.59 Å². The molecule has 1 aliphatic heterocycles. The Balaban J connectivity index is 1.35. The third-order valence-corrected chi connectivity index (χ3v) is 6.17. The van der Waals surface area contributed by atoms with Crippen molar-refractivity contribution in [2.75, 3.05) is 18.5 Å². The molecule has 0 fully saturated rings. The molecule has 1 amide bonds. The highest BCUT2D eigenvalue weighted by Crippen LogP contribution is 2.32. The van der Waals surface area contributed by atoms with E-state index < -0.39 is 0 Å². The van der Waals surface area contributed by atoms with Crippen molar-refractivity contribution >= 4 is 22.6 Å². The maximum Gasteiger partial charge on any atom is 0.263 e. The number of aryl methyl sites for hydroxylation is 2. The molecule has 0 aliphatic carbocycles. The highest BCUT2D eigenvalue weighted by Gasteiger charge is 2.20. The molecular weight excluding hydrogens is 486 g/mol. The monoisotopic (exact) mass is 509 g/mol. The van der Waals surface area contributed by atoms with E-state index in [1.165, 1.54) is 6.20 Å². The van der Waals surface area contributed by atoms with Gasteiger partial charge in [0.05, 0.1) is 5.39 Å². The summed E-state index contributed by atoms with van der Waals surface area (Å²) in [5.41, 5.74) is 3.40. The maximum atomic E-state index is 13.4. The number of amides is 1. The van der Waals surface area contributed by atoms with Crippen molar-refractivity contribution in [2.24, 2.45) is 0 Å². The Bertz CT molecular complexity index is 1740. The molecule has 4 heterocycles. The van der Waals surface area contributed by atoms with E-state index in [-0.39, 0.29) is 29.3 Å². The molecule has 190 valence electrons. The molecule has 0 spiro atoms. The lowest BCUT2D eigenvalue weighted by Crippen LogP contribution is -2.22. The van der Waals surface area contributed by atoms with Crippen LogP contribution in [0.3, 0.4) is 0 Å². The summed E-state index contributed by atoms with van der Waals surface area (Å²) in [5.74, 6) is 1.32. The van der Waals surface area contributed by atoms with Gasteiger partial charge in [0.25, 0.3) is 5.89 Å².